The molecule has 1 amide bonds. The first-order valence-electron chi connectivity index (χ1n) is 10.4. The minimum Gasteiger partial charge on any atom is -0.497 e. The van der Waals surface area contributed by atoms with E-state index in [0.29, 0.717) is 17.5 Å². The zero-order chi connectivity index (χ0) is 21.6. The third-order valence-corrected chi connectivity index (χ3v) is 6.52. The number of benzene rings is 2. The largest absolute Gasteiger partial charge is 0.497 e. The quantitative estimate of drug-likeness (QED) is 0.547. The van der Waals surface area contributed by atoms with Crippen molar-refractivity contribution in [3.8, 4) is 11.4 Å². The molecule has 0 aliphatic carbocycles. The van der Waals surface area contributed by atoms with Crippen LogP contribution >= 0.6 is 11.8 Å². The molecule has 1 aliphatic rings. The van der Waals surface area contributed by atoms with Crippen LogP contribution in [0.3, 0.4) is 0 Å². The average Bonchev–Trinajstić information content (AvgIpc) is 3.29. The van der Waals surface area contributed by atoms with Crippen LogP contribution in [0.2, 0.25) is 0 Å². The zero-order valence-corrected chi connectivity index (χ0v) is 18.6. The molecule has 1 aliphatic heterocycles. The maximum Gasteiger partial charge on any atom is 0.230 e. The van der Waals surface area contributed by atoms with Crippen LogP contribution in [0.1, 0.15) is 18.1 Å². The van der Waals surface area contributed by atoms with E-state index in [1.807, 2.05) is 28.8 Å². The van der Waals surface area contributed by atoms with Gasteiger partial charge in [-0.25, -0.2) is 0 Å². The molecular formula is C23H27N5O2S. The smallest absolute Gasteiger partial charge is 0.230 e. The van der Waals surface area contributed by atoms with E-state index in [4.69, 9.17) is 4.74 Å². The minimum absolute atomic E-state index is 0.00135. The van der Waals surface area contributed by atoms with Crippen molar-refractivity contribution in [2.45, 2.75) is 31.1 Å². The van der Waals surface area contributed by atoms with Crippen molar-refractivity contribution in [3.05, 3.63) is 66.0 Å². The van der Waals surface area contributed by atoms with E-state index in [0.717, 1.165) is 30.9 Å². The highest BCUT2D eigenvalue weighted by atomic mass is 32.2. The summed E-state index contributed by atoms with van der Waals surface area (Å²) in [4.78, 5) is 14.9. The van der Waals surface area contributed by atoms with E-state index in [1.54, 1.807) is 13.4 Å². The molecule has 1 unspecified atom stereocenters. The number of fused-ring (bicyclic) bond motifs is 1. The van der Waals surface area contributed by atoms with Crippen LogP contribution < -0.4 is 10.1 Å². The molecule has 8 heteroatoms. The number of ether oxygens (including phenoxy) is 1. The molecule has 1 atom stereocenters. The summed E-state index contributed by atoms with van der Waals surface area (Å²) in [5.41, 5.74) is 3.75. The number of nitrogens with one attached hydrogen (secondary N) is 1. The maximum atomic E-state index is 12.4. The minimum atomic E-state index is -0.00135. The van der Waals surface area contributed by atoms with Gasteiger partial charge in [0.05, 0.1) is 12.9 Å². The predicted molar refractivity (Wildman–Crippen MR) is 122 cm³/mol. The van der Waals surface area contributed by atoms with E-state index >= 15 is 0 Å². The van der Waals surface area contributed by atoms with Gasteiger partial charge in [0.1, 0.15) is 12.1 Å². The number of thioether (sulfide) groups is 1. The second kappa shape index (κ2) is 9.98. The fraction of sp³-hybridized carbons (Fsp3) is 0.348. The van der Waals surface area contributed by atoms with Crippen LogP contribution in [-0.2, 0) is 17.8 Å². The van der Waals surface area contributed by atoms with Crippen LogP contribution in [0, 0.1) is 0 Å². The molecule has 1 aromatic heterocycles. The van der Waals surface area contributed by atoms with E-state index in [2.05, 4.69) is 51.6 Å². The summed E-state index contributed by atoms with van der Waals surface area (Å²) in [6.45, 7) is 4.76. The molecule has 7 nitrogen and oxygen atoms in total. The fourth-order valence-corrected chi connectivity index (χ4v) is 4.47. The number of hydrogen-bond acceptors (Lipinski definition) is 6. The fourth-order valence-electron chi connectivity index (χ4n) is 3.71. The number of aromatic nitrogens is 3. The van der Waals surface area contributed by atoms with Crippen molar-refractivity contribution in [1.82, 2.24) is 25.0 Å². The summed E-state index contributed by atoms with van der Waals surface area (Å²) >= 11 is 1.38. The lowest BCUT2D eigenvalue weighted by Crippen LogP contribution is -2.44. The molecule has 3 aromatic rings. The van der Waals surface area contributed by atoms with Crippen molar-refractivity contribution in [2.24, 2.45) is 0 Å². The van der Waals surface area contributed by atoms with Crippen molar-refractivity contribution in [3.63, 3.8) is 0 Å². The Bertz CT molecular complexity index is 1020. The Labute approximate surface area is 186 Å². The van der Waals surface area contributed by atoms with Crippen LogP contribution in [0.25, 0.3) is 5.69 Å². The van der Waals surface area contributed by atoms with Gasteiger partial charge < -0.3 is 10.1 Å². The van der Waals surface area contributed by atoms with E-state index in [9.17, 15) is 4.79 Å². The third-order valence-electron chi connectivity index (χ3n) is 5.58. The van der Waals surface area contributed by atoms with E-state index in [1.165, 1.54) is 22.9 Å². The summed E-state index contributed by atoms with van der Waals surface area (Å²) in [6.07, 6.45) is 2.71. The summed E-state index contributed by atoms with van der Waals surface area (Å²) in [7, 11) is 1.64. The Morgan fingerprint density at radius 3 is 2.74 bits per heavy atom. The molecule has 0 radical (unpaired) electrons. The molecule has 1 N–H and O–H groups in total. The van der Waals surface area contributed by atoms with Gasteiger partial charge in [-0.3, -0.25) is 14.3 Å². The number of methoxy groups -OCH3 is 1. The van der Waals surface area contributed by atoms with Gasteiger partial charge >= 0.3 is 0 Å². The summed E-state index contributed by atoms with van der Waals surface area (Å²) in [5.74, 6) is 1.08. The Hall–Kier alpha value is -2.84. The highest BCUT2D eigenvalue weighted by Crippen LogP contribution is 2.22. The van der Waals surface area contributed by atoms with Gasteiger partial charge in [-0.05, 0) is 48.7 Å². The Kier molecular flexibility index (Phi) is 6.89. The second-order valence-electron chi connectivity index (χ2n) is 7.61. The number of hydrogen-bond donors (Lipinski definition) is 1. The standard InChI is InChI=1S/C23H27N5O2S/c1-17(27-12-11-18-5-3-4-6-19(18)14-27)13-24-22(29)15-31-23-26-25-16-28(23)20-7-9-21(30-2)10-8-20/h3-10,16-17H,11-15H2,1-2H3,(H,24,29). The number of carbonyl (C=O) groups is 1. The van der Waals surface area contributed by atoms with Gasteiger partial charge in [0.2, 0.25) is 5.91 Å². The monoisotopic (exact) mass is 437 g/mol. The first-order valence-corrected chi connectivity index (χ1v) is 11.4. The van der Waals surface area contributed by atoms with Gasteiger partial charge in [0.25, 0.3) is 0 Å². The second-order valence-corrected chi connectivity index (χ2v) is 8.56. The molecule has 0 saturated carbocycles. The van der Waals surface area contributed by atoms with Crippen molar-refractivity contribution in [1.29, 1.82) is 0 Å². The Morgan fingerprint density at radius 2 is 1.97 bits per heavy atom. The number of nitrogens with zero attached hydrogens (tertiary/aromatic N) is 4. The van der Waals surface area contributed by atoms with Gasteiger partial charge in [0.15, 0.2) is 5.16 Å². The topological polar surface area (TPSA) is 72.3 Å². The number of rotatable bonds is 8. The van der Waals surface area contributed by atoms with E-state index in [-0.39, 0.29) is 11.9 Å². The number of amides is 1. The van der Waals surface area contributed by atoms with Gasteiger partial charge in [-0.2, -0.15) is 0 Å². The molecular weight excluding hydrogens is 410 g/mol. The van der Waals surface area contributed by atoms with Crippen LogP contribution in [0.5, 0.6) is 5.75 Å². The summed E-state index contributed by atoms with van der Waals surface area (Å²) in [6, 6.07) is 16.5. The normalized spacial score (nSPS) is 14.6. The molecule has 0 bridgehead atoms. The molecule has 31 heavy (non-hydrogen) atoms. The lowest BCUT2D eigenvalue weighted by atomic mass is 9.99. The predicted octanol–water partition coefficient (Wildman–Crippen LogP) is 2.93. The van der Waals surface area contributed by atoms with Crippen LogP contribution in [-0.4, -0.2) is 57.6 Å². The summed E-state index contributed by atoms with van der Waals surface area (Å²) < 4.78 is 7.07. The molecule has 162 valence electrons. The number of carbonyl (C=O) groups excluding carboxylic acids is 1. The molecule has 0 saturated heterocycles. The SMILES string of the molecule is COc1ccc(-n2cnnc2SCC(=O)NCC(C)N2CCc3ccccc3C2)cc1. The van der Waals surface area contributed by atoms with Crippen molar-refractivity contribution >= 4 is 17.7 Å². The Balaban J connectivity index is 1.26. The summed E-state index contributed by atoms with van der Waals surface area (Å²) in [5, 5.41) is 11.9. The lowest BCUT2D eigenvalue weighted by Gasteiger charge is -2.33. The molecule has 0 fully saturated rings. The highest BCUT2D eigenvalue weighted by molar-refractivity contribution is 7.99. The first kappa shape index (κ1) is 21.4. The van der Waals surface area contributed by atoms with Gasteiger partial charge in [-0.1, -0.05) is 36.0 Å². The molecule has 0 spiro atoms. The highest BCUT2D eigenvalue weighted by Gasteiger charge is 2.20. The molecule has 2 heterocycles. The molecule has 4 rings (SSSR count). The van der Waals surface area contributed by atoms with E-state index < -0.39 is 0 Å². The molecule has 2 aromatic carbocycles. The van der Waals surface area contributed by atoms with Crippen LogP contribution in [0.15, 0.2) is 60.0 Å². The van der Waals surface area contributed by atoms with Gasteiger partial charge in [-0.15, -0.1) is 10.2 Å². The van der Waals surface area contributed by atoms with Gasteiger partial charge in [0, 0.05) is 31.4 Å². The zero-order valence-electron chi connectivity index (χ0n) is 17.8. The Morgan fingerprint density at radius 1 is 1.19 bits per heavy atom. The lowest BCUT2D eigenvalue weighted by molar-refractivity contribution is -0.118. The van der Waals surface area contributed by atoms with Crippen molar-refractivity contribution < 1.29 is 9.53 Å². The first-order chi connectivity index (χ1) is 15.1. The third kappa shape index (κ3) is 5.26. The van der Waals surface area contributed by atoms with Crippen LogP contribution in [0.4, 0.5) is 0 Å². The maximum absolute atomic E-state index is 12.4. The van der Waals surface area contributed by atoms with Crippen molar-refractivity contribution in [2.75, 3.05) is 26.0 Å². The average molecular weight is 438 g/mol.